The average Bonchev–Trinajstić information content (AvgIpc) is 2.12. The summed E-state index contributed by atoms with van der Waals surface area (Å²) in [5.74, 6) is 9.95. The minimum atomic E-state index is -0.360. The van der Waals surface area contributed by atoms with Gasteiger partial charge in [0.25, 0.3) is 6.60 Å². The van der Waals surface area contributed by atoms with Gasteiger partial charge in [-0.15, -0.1) is 37.3 Å². The lowest BCUT2D eigenvalue weighted by Crippen LogP contribution is -2.44. The molecule has 0 saturated carbocycles. The van der Waals surface area contributed by atoms with Crippen LogP contribution in [-0.4, -0.2) is 19.7 Å². The maximum Gasteiger partial charge on any atom is 0.290 e. The van der Waals surface area contributed by atoms with Crippen LogP contribution in [0.25, 0.3) is 0 Å². The van der Waals surface area contributed by atoms with Gasteiger partial charge in [0, 0.05) is 0 Å². The highest BCUT2D eigenvalue weighted by molar-refractivity contribution is 7.58. The molecule has 0 aromatic rings. The Morgan fingerprint density at radius 1 is 0.833 bits per heavy atom. The van der Waals surface area contributed by atoms with Crippen LogP contribution in [0.4, 0.5) is 0 Å². The van der Waals surface area contributed by atoms with E-state index in [4.69, 9.17) is 25.7 Å². The van der Waals surface area contributed by atoms with Crippen molar-refractivity contribution in [3.8, 4) is 49.0 Å². The molecule has 0 unspecified atom stereocenters. The van der Waals surface area contributed by atoms with Crippen molar-refractivity contribution in [2.75, 3.05) is 0 Å². The van der Waals surface area contributed by atoms with Crippen molar-refractivity contribution < 1.29 is 0 Å². The van der Waals surface area contributed by atoms with Gasteiger partial charge in [0.1, 0.15) is 0 Å². The molecule has 0 heterocycles. The maximum absolute atomic E-state index is 5.26. The van der Waals surface area contributed by atoms with E-state index >= 15 is 0 Å². The highest BCUT2D eigenvalue weighted by atomic mass is 13.5. The molecule has 0 aromatic carbocycles. The molecule has 0 saturated heterocycles. The number of hydrogen-bond donors (Lipinski definition) is 0. The van der Waals surface area contributed by atoms with Crippen molar-refractivity contribution in [1.82, 2.24) is 0 Å². The molecule has 0 fully saturated rings. The van der Waals surface area contributed by atoms with E-state index in [1.54, 1.807) is 0 Å². The summed E-state index contributed by atoms with van der Waals surface area (Å²) in [6, 6.07) is 0. The van der Waals surface area contributed by atoms with Crippen LogP contribution in [0.3, 0.4) is 0 Å². The Bertz CT molecular complexity index is 291. The predicted octanol–water partition coefficient (Wildman–Crippen LogP) is -0.0530. The van der Waals surface area contributed by atoms with Crippen LogP contribution in [0.15, 0.2) is 0 Å². The van der Waals surface area contributed by atoms with E-state index in [2.05, 4.69) is 23.3 Å². The van der Waals surface area contributed by atoms with E-state index < -0.39 is 0 Å². The van der Waals surface area contributed by atoms with Gasteiger partial charge in [-0.2, -0.15) is 11.6 Å². The lowest BCUT2D eigenvalue weighted by atomic mass is 8.89. The van der Waals surface area contributed by atoms with Gasteiger partial charge in [-0.05, 0) is 0 Å². The Morgan fingerprint density at radius 2 is 1.33 bits per heavy atom. The first-order valence-corrected chi connectivity index (χ1v) is 3.55. The second-order valence-electron chi connectivity index (χ2n) is 2.46. The summed E-state index contributed by atoms with van der Waals surface area (Å²) in [4.78, 5) is 0. The molecule has 0 bridgehead atoms. The zero-order valence-electron chi connectivity index (χ0n) is 7.04. The summed E-state index contributed by atoms with van der Waals surface area (Å²) in [7, 11) is 0. The fourth-order valence-electron chi connectivity index (χ4n) is 0.888. The molecule has 0 aromatic heterocycles. The minimum Gasteiger partial charge on any atom is -0.172 e. The van der Waals surface area contributed by atoms with Crippen molar-refractivity contribution in [3.05, 3.63) is 0 Å². The summed E-state index contributed by atoms with van der Waals surface area (Å²) in [6.07, 6.45) is 20.9. The van der Waals surface area contributed by atoms with Crippen LogP contribution in [0.1, 0.15) is 0 Å². The lowest BCUT2D eigenvalue weighted by molar-refractivity contribution is 2.27. The highest BCUT2D eigenvalue weighted by Crippen LogP contribution is 1.93. The number of terminal acetylenes is 4. The molecule has 0 atom stereocenters. The summed E-state index contributed by atoms with van der Waals surface area (Å²) in [5.41, 5.74) is 0. The molecule has 0 amide bonds. The monoisotopic (exact) mass is 148 g/mol. The lowest BCUT2D eigenvalue weighted by Gasteiger charge is -2.06. The largest absolute Gasteiger partial charge is 0.290 e. The van der Waals surface area contributed by atoms with Crippen LogP contribution in [0.5, 0.6) is 0 Å². The standard InChI is InChI=1S/C9H7B3/c1-6-10(5)12(9-4)11(7-2)8-3/h1-4H,5H3. The smallest absolute Gasteiger partial charge is 0.172 e. The summed E-state index contributed by atoms with van der Waals surface area (Å²) in [5, 5.41) is 0. The highest BCUT2D eigenvalue weighted by Gasteiger charge is 2.31. The molecular weight excluding hydrogens is 141 g/mol. The summed E-state index contributed by atoms with van der Waals surface area (Å²) >= 11 is 0. The van der Waals surface area contributed by atoms with E-state index in [1.807, 2.05) is 6.82 Å². The molecule has 12 heavy (non-hydrogen) atoms. The third-order valence-corrected chi connectivity index (χ3v) is 1.71. The zero-order chi connectivity index (χ0) is 9.56. The van der Waals surface area contributed by atoms with Gasteiger partial charge in [0.05, 0.1) is 0 Å². The Hall–Kier alpha value is -1.57. The Labute approximate surface area is 76.1 Å². The van der Waals surface area contributed by atoms with Gasteiger partial charge in [-0.1, -0.05) is 6.82 Å². The molecular formula is C9H7B3. The number of rotatable bonds is 2. The van der Waals surface area contributed by atoms with Crippen molar-refractivity contribution in [2.24, 2.45) is 0 Å². The van der Waals surface area contributed by atoms with Crippen LogP contribution < -0.4 is 0 Å². The summed E-state index contributed by atoms with van der Waals surface area (Å²) in [6.45, 7) is 1.18. The topological polar surface area (TPSA) is 0 Å². The van der Waals surface area contributed by atoms with Gasteiger partial charge < -0.3 is 0 Å². The van der Waals surface area contributed by atoms with E-state index in [9.17, 15) is 0 Å². The third kappa shape index (κ3) is 2.24. The third-order valence-electron chi connectivity index (χ3n) is 1.71. The normalized spacial score (nSPS) is 6.42. The van der Waals surface area contributed by atoms with Gasteiger partial charge in [0.2, 0.25) is 13.1 Å². The second kappa shape index (κ2) is 5.13. The van der Waals surface area contributed by atoms with E-state index in [0.717, 1.165) is 0 Å². The van der Waals surface area contributed by atoms with Crippen LogP contribution in [0.2, 0.25) is 6.82 Å². The quantitative estimate of drug-likeness (QED) is 0.380. The second-order valence-corrected chi connectivity index (χ2v) is 2.46. The molecule has 3 heteroatoms. The Morgan fingerprint density at radius 3 is 1.58 bits per heavy atom. The first-order chi connectivity index (χ1) is 5.71. The van der Waals surface area contributed by atoms with Crippen molar-refractivity contribution >= 4 is 19.7 Å². The molecule has 0 rings (SSSR count). The zero-order valence-corrected chi connectivity index (χ0v) is 7.04. The molecule has 0 radical (unpaired) electrons. The van der Waals surface area contributed by atoms with E-state index in [-0.39, 0.29) is 19.7 Å². The van der Waals surface area contributed by atoms with Gasteiger partial charge >= 0.3 is 0 Å². The molecule has 0 aliphatic heterocycles. The summed E-state index contributed by atoms with van der Waals surface area (Å²) < 4.78 is 0. The van der Waals surface area contributed by atoms with Gasteiger partial charge in [-0.3, -0.25) is 0 Å². The first-order valence-electron chi connectivity index (χ1n) is 3.55. The van der Waals surface area contributed by atoms with Crippen molar-refractivity contribution in [3.63, 3.8) is 0 Å². The van der Waals surface area contributed by atoms with E-state index in [1.165, 1.54) is 0 Å². The fourth-order valence-corrected chi connectivity index (χ4v) is 0.888. The number of hydrogen-bond acceptors (Lipinski definition) is 0. The molecule has 0 spiro atoms. The molecule has 0 N–H and O–H groups in total. The maximum atomic E-state index is 5.26. The minimum absolute atomic E-state index is 0.0768. The molecule has 0 aliphatic carbocycles. The molecule has 52 valence electrons. The SMILES string of the molecule is C#CB(C)B(C#C)B(C#C)C#C. The van der Waals surface area contributed by atoms with E-state index in [0.29, 0.717) is 0 Å². The molecule has 0 nitrogen and oxygen atoms in total. The van der Waals surface area contributed by atoms with Crippen molar-refractivity contribution in [2.45, 2.75) is 6.82 Å². The molecule has 0 aliphatic rings. The Balaban J connectivity index is 4.64. The van der Waals surface area contributed by atoms with Gasteiger partial charge in [-0.25, -0.2) is 0 Å². The first kappa shape index (κ1) is 10.4. The van der Waals surface area contributed by atoms with Crippen LogP contribution in [0, 0.1) is 49.0 Å². The predicted molar refractivity (Wildman–Crippen MR) is 58.5 cm³/mol. The van der Waals surface area contributed by atoms with Gasteiger partial charge in [0.15, 0.2) is 0 Å². The van der Waals surface area contributed by atoms with Crippen LogP contribution >= 0.6 is 0 Å². The Kier molecular flexibility index (Phi) is 4.46. The average molecular weight is 148 g/mol. The van der Waals surface area contributed by atoms with Crippen LogP contribution in [-0.2, 0) is 0 Å². The van der Waals surface area contributed by atoms with Crippen molar-refractivity contribution in [1.29, 1.82) is 0 Å². The fraction of sp³-hybridized carbons (Fsp3) is 0.111.